The molecular weight excluding hydrogens is 530 g/mol. The van der Waals surface area contributed by atoms with E-state index in [2.05, 4.69) is 54.6 Å². The van der Waals surface area contributed by atoms with Gasteiger partial charge < -0.3 is 14.4 Å². The normalized spacial score (nSPS) is 14.0. The van der Waals surface area contributed by atoms with Crippen molar-refractivity contribution in [2.75, 3.05) is 13.1 Å². The van der Waals surface area contributed by atoms with Crippen molar-refractivity contribution in [3.8, 4) is 0 Å². The molecule has 0 N–H and O–H groups in total. The van der Waals surface area contributed by atoms with Crippen molar-refractivity contribution in [2.24, 2.45) is 5.92 Å². The standard InChI is InChI=1S/C35H54ClN3O2/c1-4-5-6-7-8-9-13-22-34(40)38(25-23-29(2)3)28-35(41)39(31-18-11-10-12-19-31)27-32-20-16-24-37(32)26-30-17-14-15-21-33(30)36/h14-17,20-21,24,29,31H,4-13,18-19,22-23,25-28H2,1-3H3. The molecule has 1 saturated carbocycles. The highest BCUT2D eigenvalue weighted by atomic mass is 35.5. The molecule has 1 aromatic carbocycles. The Hall–Kier alpha value is -2.27. The number of nitrogens with zero attached hydrogens (tertiary/aromatic N) is 3. The van der Waals surface area contributed by atoms with E-state index in [0.29, 0.717) is 32.0 Å². The van der Waals surface area contributed by atoms with Crippen LogP contribution < -0.4 is 0 Å². The second kappa shape index (κ2) is 18.3. The van der Waals surface area contributed by atoms with Gasteiger partial charge in [0.15, 0.2) is 0 Å². The van der Waals surface area contributed by atoms with E-state index in [4.69, 9.17) is 11.6 Å². The molecule has 2 aromatic rings. The molecule has 0 bridgehead atoms. The maximum Gasteiger partial charge on any atom is 0.242 e. The Kier molecular flexibility index (Phi) is 14.8. The lowest BCUT2D eigenvalue weighted by atomic mass is 9.94. The highest BCUT2D eigenvalue weighted by Crippen LogP contribution is 2.26. The van der Waals surface area contributed by atoms with Crippen LogP contribution in [0.5, 0.6) is 0 Å². The summed E-state index contributed by atoms with van der Waals surface area (Å²) >= 11 is 6.47. The number of rotatable bonds is 18. The van der Waals surface area contributed by atoms with Gasteiger partial charge in [-0.3, -0.25) is 9.59 Å². The molecule has 1 fully saturated rings. The third kappa shape index (κ3) is 11.5. The lowest BCUT2D eigenvalue weighted by molar-refractivity contribution is -0.143. The van der Waals surface area contributed by atoms with Crippen molar-refractivity contribution in [1.29, 1.82) is 0 Å². The van der Waals surface area contributed by atoms with Crippen molar-refractivity contribution in [1.82, 2.24) is 14.4 Å². The Labute approximate surface area is 254 Å². The summed E-state index contributed by atoms with van der Waals surface area (Å²) in [6.07, 6.45) is 17.5. The summed E-state index contributed by atoms with van der Waals surface area (Å²) in [6.45, 7) is 8.67. The van der Waals surface area contributed by atoms with Crippen molar-refractivity contribution in [3.05, 3.63) is 58.9 Å². The molecule has 41 heavy (non-hydrogen) atoms. The fourth-order valence-electron chi connectivity index (χ4n) is 5.90. The van der Waals surface area contributed by atoms with E-state index < -0.39 is 0 Å². The Morgan fingerprint density at radius 2 is 1.63 bits per heavy atom. The minimum absolute atomic E-state index is 0.0825. The number of carbonyl (C=O) groups excluding carboxylic acids is 2. The maximum absolute atomic E-state index is 14.0. The van der Waals surface area contributed by atoms with Gasteiger partial charge in [0.1, 0.15) is 0 Å². The molecule has 1 aliphatic rings. The largest absolute Gasteiger partial charge is 0.345 e. The van der Waals surface area contributed by atoms with Gasteiger partial charge in [-0.05, 0) is 55.4 Å². The van der Waals surface area contributed by atoms with E-state index >= 15 is 0 Å². The lowest BCUT2D eigenvalue weighted by Gasteiger charge is -2.36. The highest BCUT2D eigenvalue weighted by Gasteiger charge is 2.29. The summed E-state index contributed by atoms with van der Waals surface area (Å²) in [5.74, 6) is 0.707. The van der Waals surface area contributed by atoms with Gasteiger partial charge >= 0.3 is 0 Å². The molecule has 0 aliphatic heterocycles. The third-order valence-corrected chi connectivity index (χ3v) is 8.91. The van der Waals surface area contributed by atoms with Crippen LogP contribution in [0.2, 0.25) is 5.02 Å². The number of hydrogen-bond donors (Lipinski definition) is 0. The molecule has 6 heteroatoms. The van der Waals surface area contributed by atoms with Gasteiger partial charge in [0.05, 0.1) is 13.1 Å². The SMILES string of the molecule is CCCCCCCCCC(=O)N(CCC(C)C)CC(=O)N(Cc1cccn1Cc1ccccc1Cl)C1CCCCC1. The number of carbonyl (C=O) groups is 2. The zero-order valence-electron chi connectivity index (χ0n) is 26.0. The van der Waals surface area contributed by atoms with Crippen molar-refractivity contribution in [3.63, 3.8) is 0 Å². The number of benzene rings is 1. The fourth-order valence-corrected chi connectivity index (χ4v) is 6.09. The zero-order chi connectivity index (χ0) is 29.5. The molecule has 228 valence electrons. The quantitative estimate of drug-likeness (QED) is 0.164. The molecule has 0 radical (unpaired) electrons. The summed E-state index contributed by atoms with van der Waals surface area (Å²) in [4.78, 5) is 31.3. The summed E-state index contributed by atoms with van der Waals surface area (Å²) in [5, 5.41) is 0.757. The highest BCUT2D eigenvalue weighted by molar-refractivity contribution is 6.31. The second-order valence-electron chi connectivity index (χ2n) is 12.4. The van der Waals surface area contributed by atoms with Gasteiger partial charge in [0.25, 0.3) is 0 Å². The molecule has 0 saturated heterocycles. The molecule has 0 atom stereocenters. The van der Waals surface area contributed by atoms with Crippen LogP contribution in [0.3, 0.4) is 0 Å². The predicted molar refractivity (Wildman–Crippen MR) is 171 cm³/mol. The molecule has 5 nitrogen and oxygen atoms in total. The van der Waals surface area contributed by atoms with Crippen LogP contribution in [0.15, 0.2) is 42.6 Å². The van der Waals surface area contributed by atoms with E-state index in [1.54, 1.807) is 0 Å². The number of amides is 2. The number of unbranched alkanes of at least 4 members (excludes halogenated alkanes) is 6. The van der Waals surface area contributed by atoms with Crippen LogP contribution in [0.1, 0.15) is 122 Å². The minimum atomic E-state index is 0.0825. The Bertz CT molecular complexity index is 1040. The summed E-state index contributed by atoms with van der Waals surface area (Å²) in [6, 6.07) is 12.3. The first-order chi connectivity index (χ1) is 19.9. The number of halogens is 1. The first-order valence-corrected chi connectivity index (χ1v) is 16.7. The maximum atomic E-state index is 14.0. The Morgan fingerprint density at radius 3 is 2.34 bits per heavy atom. The summed E-state index contributed by atoms with van der Waals surface area (Å²) in [7, 11) is 0. The van der Waals surface area contributed by atoms with E-state index in [1.807, 2.05) is 23.1 Å². The number of hydrogen-bond acceptors (Lipinski definition) is 2. The van der Waals surface area contributed by atoms with E-state index in [9.17, 15) is 9.59 Å². The van der Waals surface area contributed by atoms with Crippen LogP contribution in [-0.4, -0.2) is 45.3 Å². The van der Waals surface area contributed by atoms with E-state index in [1.165, 1.54) is 38.5 Å². The Balaban J connectivity index is 1.68. The average molecular weight is 584 g/mol. The van der Waals surface area contributed by atoms with Gasteiger partial charge in [-0.25, -0.2) is 0 Å². The lowest BCUT2D eigenvalue weighted by Crippen LogP contribution is -2.48. The molecule has 3 rings (SSSR count). The Morgan fingerprint density at radius 1 is 0.927 bits per heavy atom. The molecule has 2 amide bonds. The van der Waals surface area contributed by atoms with Gasteiger partial charge in [0, 0.05) is 42.5 Å². The van der Waals surface area contributed by atoms with Crippen LogP contribution >= 0.6 is 11.6 Å². The monoisotopic (exact) mass is 583 g/mol. The molecule has 0 spiro atoms. The molecule has 0 unspecified atom stereocenters. The predicted octanol–water partition coefficient (Wildman–Crippen LogP) is 8.87. The smallest absolute Gasteiger partial charge is 0.242 e. The van der Waals surface area contributed by atoms with Crippen LogP contribution in [0.25, 0.3) is 0 Å². The number of aromatic nitrogens is 1. The topological polar surface area (TPSA) is 45.6 Å². The van der Waals surface area contributed by atoms with Crippen molar-refractivity contribution >= 4 is 23.4 Å². The van der Waals surface area contributed by atoms with E-state index in [0.717, 1.165) is 61.2 Å². The van der Waals surface area contributed by atoms with Crippen molar-refractivity contribution in [2.45, 2.75) is 130 Å². The molecule has 1 aliphatic carbocycles. The fraction of sp³-hybridized carbons (Fsp3) is 0.657. The summed E-state index contributed by atoms with van der Waals surface area (Å²) in [5.41, 5.74) is 2.17. The second-order valence-corrected chi connectivity index (χ2v) is 12.8. The van der Waals surface area contributed by atoms with Gasteiger partial charge in [0.2, 0.25) is 11.8 Å². The first kappa shape index (κ1) is 33.2. The van der Waals surface area contributed by atoms with Gasteiger partial charge in [-0.2, -0.15) is 0 Å². The van der Waals surface area contributed by atoms with Crippen LogP contribution in [0.4, 0.5) is 0 Å². The molecule has 1 aromatic heterocycles. The van der Waals surface area contributed by atoms with E-state index in [-0.39, 0.29) is 24.4 Å². The van der Waals surface area contributed by atoms with Gasteiger partial charge in [-0.1, -0.05) is 108 Å². The van der Waals surface area contributed by atoms with Gasteiger partial charge in [-0.15, -0.1) is 0 Å². The van der Waals surface area contributed by atoms with Crippen LogP contribution in [-0.2, 0) is 22.7 Å². The average Bonchev–Trinajstić information content (AvgIpc) is 3.41. The minimum Gasteiger partial charge on any atom is -0.345 e. The summed E-state index contributed by atoms with van der Waals surface area (Å²) < 4.78 is 2.20. The zero-order valence-corrected chi connectivity index (χ0v) is 26.7. The van der Waals surface area contributed by atoms with Crippen LogP contribution in [0, 0.1) is 5.92 Å². The molecular formula is C35H54ClN3O2. The first-order valence-electron chi connectivity index (χ1n) is 16.3. The van der Waals surface area contributed by atoms with Crippen molar-refractivity contribution < 1.29 is 9.59 Å². The molecule has 1 heterocycles. The third-order valence-electron chi connectivity index (χ3n) is 8.54.